The first-order chi connectivity index (χ1) is 12.3. The van der Waals surface area contributed by atoms with Crippen molar-refractivity contribution in [1.82, 2.24) is 10.6 Å². The molecule has 0 atom stereocenters. The summed E-state index contributed by atoms with van der Waals surface area (Å²) in [5.74, 6) is 1.62. The molecule has 2 aromatic rings. The lowest BCUT2D eigenvalue weighted by atomic mass is 10.1. The van der Waals surface area contributed by atoms with Crippen molar-refractivity contribution >= 4 is 5.96 Å². The van der Waals surface area contributed by atoms with Gasteiger partial charge in [0, 0.05) is 32.3 Å². The van der Waals surface area contributed by atoms with E-state index in [2.05, 4.69) is 39.9 Å². The highest BCUT2D eigenvalue weighted by Gasteiger charge is 2.03. The van der Waals surface area contributed by atoms with E-state index >= 15 is 0 Å². The van der Waals surface area contributed by atoms with Gasteiger partial charge < -0.3 is 20.1 Å². The summed E-state index contributed by atoms with van der Waals surface area (Å²) in [5.41, 5.74) is 3.47. The monoisotopic (exact) mass is 341 g/mol. The van der Waals surface area contributed by atoms with Crippen LogP contribution in [0.15, 0.2) is 53.5 Å². The molecule has 0 fully saturated rings. The quantitative estimate of drug-likeness (QED) is 0.572. The number of nitrogens with zero attached hydrogens (tertiary/aromatic N) is 1. The van der Waals surface area contributed by atoms with Gasteiger partial charge in [-0.1, -0.05) is 42.5 Å². The number of ether oxygens (including phenoxy) is 2. The van der Waals surface area contributed by atoms with Gasteiger partial charge in [0.15, 0.2) is 5.96 Å². The number of nitrogens with one attached hydrogen (secondary N) is 2. The van der Waals surface area contributed by atoms with Gasteiger partial charge in [-0.3, -0.25) is 4.99 Å². The van der Waals surface area contributed by atoms with Crippen LogP contribution >= 0.6 is 0 Å². The zero-order valence-electron chi connectivity index (χ0n) is 15.2. The van der Waals surface area contributed by atoms with E-state index < -0.39 is 0 Å². The molecule has 0 amide bonds. The fraction of sp³-hybridized carbons (Fsp3) is 0.350. The molecule has 0 heterocycles. The summed E-state index contributed by atoms with van der Waals surface area (Å²) in [6.45, 7) is 4.75. The van der Waals surface area contributed by atoms with Gasteiger partial charge in [-0.15, -0.1) is 0 Å². The van der Waals surface area contributed by atoms with E-state index in [0.29, 0.717) is 19.7 Å². The SMILES string of the molecule is CCOCc1ccc(CNC(=NC)NCc2ccccc2OC)cc1. The normalized spacial score (nSPS) is 11.2. The molecular weight excluding hydrogens is 314 g/mol. The fourth-order valence-electron chi connectivity index (χ4n) is 2.41. The van der Waals surface area contributed by atoms with Crippen molar-refractivity contribution in [2.24, 2.45) is 4.99 Å². The van der Waals surface area contributed by atoms with Gasteiger partial charge in [0.1, 0.15) is 5.75 Å². The van der Waals surface area contributed by atoms with E-state index in [0.717, 1.165) is 23.9 Å². The van der Waals surface area contributed by atoms with Crippen LogP contribution in [0.4, 0.5) is 0 Å². The Kier molecular flexibility index (Phi) is 7.79. The Morgan fingerprint density at radius 2 is 1.64 bits per heavy atom. The molecule has 0 unspecified atom stereocenters. The minimum atomic E-state index is 0.650. The molecule has 2 aromatic carbocycles. The zero-order valence-corrected chi connectivity index (χ0v) is 15.2. The molecule has 0 aromatic heterocycles. The number of para-hydroxylation sites is 1. The van der Waals surface area contributed by atoms with Crippen LogP contribution in [0.2, 0.25) is 0 Å². The molecule has 5 nitrogen and oxygen atoms in total. The first-order valence-corrected chi connectivity index (χ1v) is 8.48. The molecular formula is C20H27N3O2. The Morgan fingerprint density at radius 1 is 0.960 bits per heavy atom. The summed E-state index contributed by atoms with van der Waals surface area (Å²) >= 11 is 0. The van der Waals surface area contributed by atoms with Crippen molar-refractivity contribution in [2.75, 3.05) is 20.8 Å². The lowest BCUT2D eigenvalue weighted by Gasteiger charge is -2.14. The van der Waals surface area contributed by atoms with Crippen LogP contribution < -0.4 is 15.4 Å². The van der Waals surface area contributed by atoms with Gasteiger partial charge in [-0.2, -0.15) is 0 Å². The molecule has 134 valence electrons. The Hall–Kier alpha value is -2.53. The molecule has 0 aliphatic carbocycles. The number of benzene rings is 2. The first kappa shape index (κ1) is 18.8. The Bertz CT molecular complexity index is 669. The molecule has 5 heteroatoms. The molecule has 25 heavy (non-hydrogen) atoms. The standard InChI is InChI=1S/C20H27N3O2/c1-4-25-15-17-11-9-16(10-12-17)13-22-20(21-2)23-14-18-7-5-6-8-19(18)24-3/h5-12H,4,13-15H2,1-3H3,(H2,21,22,23). The predicted octanol–water partition coefficient (Wildman–Crippen LogP) is 3.10. The van der Waals surface area contributed by atoms with Gasteiger partial charge in [-0.05, 0) is 24.1 Å². The number of methoxy groups -OCH3 is 1. The Morgan fingerprint density at radius 3 is 2.32 bits per heavy atom. The molecule has 0 aliphatic heterocycles. The van der Waals surface area contributed by atoms with Gasteiger partial charge in [-0.25, -0.2) is 0 Å². The predicted molar refractivity (Wildman–Crippen MR) is 102 cm³/mol. The van der Waals surface area contributed by atoms with E-state index in [4.69, 9.17) is 9.47 Å². The van der Waals surface area contributed by atoms with Crippen LogP contribution in [0, 0.1) is 0 Å². The molecule has 0 aliphatic rings. The highest BCUT2D eigenvalue weighted by Crippen LogP contribution is 2.16. The molecule has 0 spiro atoms. The molecule has 0 saturated heterocycles. The maximum absolute atomic E-state index is 5.41. The van der Waals surface area contributed by atoms with E-state index in [1.54, 1.807) is 14.2 Å². The third-order valence-electron chi connectivity index (χ3n) is 3.82. The van der Waals surface area contributed by atoms with Crippen LogP contribution in [0.5, 0.6) is 5.75 Å². The number of hydrogen-bond acceptors (Lipinski definition) is 3. The Balaban J connectivity index is 1.84. The number of guanidine groups is 1. The minimum absolute atomic E-state index is 0.650. The first-order valence-electron chi connectivity index (χ1n) is 8.48. The largest absolute Gasteiger partial charge is 0.496 e. The topological polar surface area (TPSA) is 54.9 Å². The average molecular weight is 341 g/mol. The van der Waals surface area contributed by atoms with E-state index in [1.165, 1.54) is 11.1 Å². The second-order valence-electron chi connectivity index (χ2n) is 5.54. The maximum atomic E-state index is 5.41. The summed E-state index contributed by atoms with van der Waals surface area (Å²) < 4.78 is 10.8. The zero-order chi connectivity index (χ0) is 17.9. The lowest BCUT2D eigenvalue weighted by Crippen LogP contribution is -2.36. The highest BCUT2D eigenvalue weighted by molar-refractivity contribution is 5.79. The van der Waals surface area contributed by atoms with Crippen LogP contribution in [-0.4, -0.2) is 26.7 Å². The molecule has 2 rings (SSSR count). The Labute approximate surface area is 150 Å². The second-order valence-corrected chi connectivity index (χ2v) is 5.54. The highest BCUT2D eigenvalue weighted by atomic mass is 16.5. The smallest absolute Gasteiger partial charge is 0.191 e. The van der Waals surface area contributed by atoms with Crippen molar-refractivity contribution in [3.05, 3.63) is 65.2 Å². The third-order valence-corrected chi connectivity index (χ3v) is 3.82. The lowest BCUT2D eigenvalue weighted by molar-refractivity contribution is 0.134. The molecule has 0 bridgehead atoms. The maximum Gasteiger partial charge on any atom is 0.191 e. The van der Waals surface area contributed by atoms with Crippen molar-refractivity contribution in [2.45, 2.75) is 26.6 Å². The molecule has 0 radical (unpaired) electrons. The molecule has 2 N–H and O–H groups in total. The second kappa shape index (κ2) is 10.4. The number of rotatable bonds is 8. The summed E-state index contributed by atoms with van der Waals surface area (Å²) in [5, 5.41) is 6.63. The van der Waals surface area contributed by atoms with Crippen molar-refractivity contribution in [3.8, 4) is 5.75 Å². The van der Waals surface area contributed by atoms with E-state index in [9.17, 15) is 0 Å². The van der Waals surface area contributed by atoms with Crippen LogP contribution in [0.25, 0.3) is 0 Å². The summed E-state index contributed by atoms with van der Waals surface area (Å²) in [6.07, 6.45) is 0. The van der Waals surface area contributed by atoms with Crippen molar-refractivity contribution < 1.29 is 9.47 Å². The van der Waals surface area contributed by atoms with Crippen molar-refractivity contribution in [3.63, 3.8) is 0 Å². The molecule has 0 saturated carbocycles. The van der Waals surface area contributed by atoms with Crippen molar-refractivity contribution in [1.29, 1.82) is 0 Å². The fourth-order valence-corrected chi connectivity index (χ4v) is 2.41. The van der Waals surface area contributed by atoms with Gasteiger partial charge in [0.25, 0.3) is 0 Å². The van der Waals surface area contributed by atoms with Crippen LogP contribution in [0.1, 0.15) is 23.6 Å². The number of hydrogen-bond donors (Lipinski definition) is 2. The summed E-state index contributed by atoms with van der Waals surface area (Å²) in [4.78, 5) is 4.27. The van der Waals surface area contributed by atoms with Gasteiger partial charge >= 0.3 is 0 Å². The van der Waals surface area contributed by atoms with Crippen LogP contribution in [-0.2, 0) is 24.4 Å². The number of aliphatic imine (C=N–C) groups is 1. The van der Waals surface area contributed by atoms with Crippen LogP contribution in [0.3, 0.4) is 0 Å². The van der Waals surface area contributed by atoms with Gasteiger partial charge in [0.05, 0.1) is 13.7 Å². The summed E-state index contributed by atoms with van der Waals surface area (Å²) in [6, 6.07) is 16.4. The van der Waals surface area contributed by atoms with Gasteiger partial charge in [0.2, 0.25) is 0 Å². The average Bonchev–Trinajstić information content (AvgIpc) is 2.67. The van der Waals surface area contributed by atoms with E-state index in [1.807, 2.05) is 31.2 Å². The summed E-state index contributed by atoms with van der Waals surface area (Å²) in [7, 11) is 3.45. The third kappa shape index (κ3) is 6.12. The minimum Gasteiger partial charge on any atom is -0.496 e. The van der Waals surface area contributed by atoms with E-state index in [-0.39, 0.29) is 0 Å².